The van der Waals surface area contributed by atoms with Crippen LogP contribution in [0.2, 0.25) is 0 Å². The molecule has 1 amide bonds. The van der Waals surface area contributed by atoms with E-state index in [2.05, 4.69) is 11.9 Å². The van der Waals surface area contributed by atoms with Gasteiger partial charge in [0.1, 0.15) is 6.54 Å². The largest absolute Gasteiger partial charge is 0.453 e. The van der Waals surface area contributed by atoms with E-state index in [1.165, 1.54) is 6.92 Å². The Morgan fingerprint density at radius 1 is 1.50 bits per heavy atom. The molecule has 0 spiro atoms. The van der Waals surface area contributed by atoms with Gasteiger partial charge in [-0.05, 0) is 19.8 Å². The molecule has 2 rings (SSSR count). The molecule has 0 aromatic rings. The molecule has 2 aliphatic rings. The van der Waals surface area contributed by atoms with Crippen molar-refractivity contribution in [3.8, 4) is 0 Å². The number of hydrogen-bond acceptors (Lipinski definition) is 7. The van der Waals surface area contributed by atoms with Crippen LogP contribution in [-0.4, -0.2) is 42.8 Å². The van der Waals surface area contributed by atoms with Crippen LogP contribution >= 0.6 is 0 Å². The Morgan fingerprint density at radius 3 is 2.86 bits per heavy atom. The molecule has 22 heavy (non-hydrogen) atoms. The highest BCUT2D eigenvalue weighted by Crippen LogP contribution is 2.44. The topological polar surface area (TPSA) is 108 Å². The summed E-state index contributed by atoms with van der Waals surface area (Å²) >= 11 is 0. The third-order valence-corrected chi connectivity index (χ3v) is 3.71. The van der Waals surface area contributed by atoms with E-state index in [-0.39, 0.29) is 30.9 Å². The molecular formula is C14H17NO7. The van der Waals surface area contributed by atoms with Crippen LogP contribution in [0.3, 0.4) is 0 Å². The number of rotatable bonds is 6. The van der Waals surface area contributed by atoms with Crippen LogP contribution in [0.4, 0.5) is 0 Å². The number of esters is 2. The molecule has 0 aromatic heterocycles. The van der Waals surface area contributed by atoms with Crippen molar-refractivity contribution in [2.24, 2.45) is 5.92 Å². The first-order valence-electron chi connectivity index (χ1n) is 6.85. The summed E-state index contributed by atoms with van der Waals surface area (Å²) in [5, 5.41) is 2.34. The van der Waals surface area contributed by atoms with Gasteiger partial charge in [0.25, 0.3) is 12.3 Å². The quantitative estimate of drug-likeness (QED) is 0.411. The van der Waals surface area contributed by atoms with Crippen molar-refractivity contribution < 1.29 is 33.4 Å². The van der Waals surface area contributed by atoms with Crippen molar-refractivity contribution in [2.75, 3.05) is 6.54 Å². The zero-order chi connectivity index (χ0) is 16.3. The summed E-state index contributed by atoms with van der Waals surface area (Å²) in [6.45, 7) is 4.77. The summed E-state index contributed by atoms with van der Waals surface area (Å²) in [4.78, 5) is 45.4. The molecular weight excluding hydrogens is 294 g/mol. The first-order valence-corrected chi connectivity index (χ1v) is 6.85. The summed E-state index contributed by atoms with van der Waals surface area (Å²) in [5.74, 6) is -3.54. The van der Waals surface area contributed by atoms with E-state index in [0.29, 0.717) is 12.8 Å². The van der Waals surface area contributed by atoms with Crippen molar-refractivity contribution in [3.05, 3.63) is 12.2 Å². The van der Waals surface area contributed by atoms with Crippen molar-refractivity contribution in [1.82, 2.24) is 5.32 Å². The van der Waals surface area contributed by atoms with Gasteiger partial charge in [0.05, 0.1) is 5.92 Å². The van der Waals surface area contributed by atoms with E-state index < -0.39 is 29.7 Å². The number of hydrogen-bond donors (Lipinski definition) is 1. The summed E-state index contributed by atoms with van der Waals surface area (Å²) in [6.07, 6.45) is 0.110. The fourth-order valence-corrected chi connectivity index (χ4v) is 2.59. The van der Waals surface area contributed by atoms with E-state index in [1.54, 1.807) is 0 Å². The van der Waals surface area contributed by atoms with Gasteiger partial charge in [-0.1, -0.05) is 6.58 Å². The predicted octanol–water partition coefficient (Wildman–Crippen LogP) is -0.183. The van der Waals surface area contributed by atoms with Crippen LogP contribution in [0, 0.1) is 5.92 Å². The Balaban J connectivity index is 1.97. The smallest absolute Gasteiger partial charge is 0.325 e. The summed E-state index contributed by atoms with van der Waals surface area (Å²) < 4.78 is 15.2. The van der Waals surface area contributed by atoms with Gasteiger partial charge in [-0.15, -0.1) is 0 Å². The molecule has 1 aliphatic heterocycles. The van der Waals surface area contributed by atoms with Gasteiger partial charge < -0.3 is 19.5 Å². The molecule has 8 heteroatoms. The average molecular weight is 311 g/mol. The van der Waals surface area contributed by atoms with Gasteiger partial charge >= 0.3 is 11.9 Å². The van der Waals surface area contributed by atoms with Crippen molar-refractivity contribution in [1.29, 1.82) is 0 Å². The fraction of sp³-hybridized carbons (Fsp3) is 0.571. The van der Waals surface area contributed by atoms with Gasteiger partial charge in [0, 0.05) is 12.0 Å². The molecule has 0 aromatic carbocycles. The number of carbonyl (C=O) groups excluding carboxylic acids is 4. The normalized spacial score (nSPS) is 29.2. The standard InChI is InChI=1S/C14H17NO7/c1-8(2)12(18)15-6-11(17)21-10-4-3-9-5-14(10,20-7-16)22-13(9)19/h7,9-10H,1,3-6H2,2H3,(H,15,18). The van der Waals surface area contributed by atoms with E-state index >= 15 is 0 Å². The monoisotopic (exact) mass is 311 g/mol. The van der Waals surface area contributed by atoms with Gasteiger partial charge in [-0.2, -0.15) is 0 Å². The zero-order valence-corrected chi connectivity index (χ0v) is 12.1. The van der Waals surface area contributed by atoms with Crippen molar-refractivity contribution >= 4 is 24.3 Å². The minimum atomic E-state index is -1.55. The maximum atomic E-state index is 11.8. The molecule has 3 atom stereocenters. The van der Waals surface area contributed by atoms with Crippen LogP contribution in [0.1, 0.15) is 26.2 Å². The lowest BCUT2D eigenvalue weighted by molar-refractivity contribution is -0.247. The second-order valence-corrected chi connectivity index (χ2v) is 5.37. The first-order chi connectivity index (χ1) is 10.4. The highest BCUT2D eigenvalue weighted by molar-refractivity contribution is 5.94. The van der Waals surface area contributed by atoms with E-state index in [9.17, 15) is 19.2 Å². The molecule has 3 unspecified atom stereocenters. The van der Waals surface area contributed by atoms with Crippen molar-refractivity contribution in [3.63, 3.8) is 0 Å². The van der Waals surface area contributed by atoms with Gasteiger partial charge in [-0.3, -0.25) is 19.2 Å². The number of ether oxygens (including phenoxy) is 3. The molecule has 2 fully saturated rings. The van der Waals surface area contributed by atoms with Gasteiger partial charge in [0.2, 0.25) is 5.91 Å². The lowest BCUT2D eigenvalue weighted by Crippen LogP contribution is -2.49. The Bertz CT molecular complexity index is 529. The van der Waals surface area contributed by atoms with Gasteiger partial charge in [-0.25, -0.2) is 0 Å². The van der Waals surface area contributed by atoms with Crippen molar-refractivity contribution in [2.45, 2.75) is 38.1 Å². The highest BCUT2D eigenvalue weighted by Gasteiger charge is 2.59. The lowest BCUT2D eigenvalue weighted by atomic mass is 9.85. The molecule has 0 radical (unpaired) electrons. The Kier molecular flexibility index (Phi) is 4.48. The molecule has 8 nitrogen and oxygen atoms in total. The molecule has 2 bridgehead atoms. The Labute approximate surface area is 126 Å². The molecule has 120 valence electrons. The van der Waals surface area contributed by atoms with Crippen LogP contribution in [0.15, 0.2) is 12.2 Å². The molecule has 1 N–H and O–H groups in total. The molecule has 1 saturated carbocycles. The third-order valence-electron chi connectivity index (χ3n) is 3.71. The van der Waals surface area contributed by atoms with Crippen LogP contribution < -0.4 is 5.32 Å². The van der Waals surface area contributed by atoms with Gasteiger partial charge in [0.15, 0.2) is 6.10 Å². The van der Waals surface area contributed by atoms with E-state index in [4.69, 9.17) is 14.2 Å². The molecule has 1 aliphatic carbocycles. The third kappa shape index (κ3) is 3.10. The zero-order valence-electron chi connectivity index (χ0n) is 12.1. The second kappa shape index (κ2) is 6.17. The first kappa shape index (κ1) is 16.0. The highest BCUT2D eigenvalue weighted by atomic mass is 16.8. The number of amides is 1. The van der Waals surface area contributed by atoms with E-state index in [0.717, 1.165) is 0 Å². The predicted molar refractivity (Wildman–Crippen MR) is 71.0 cm³/mol. The molecule has 1 saturated heterocycles. The fourth-order valence-electron chi connectivity index (χ4n) is 2.59. The van der Waals surface area contributed by atoms with Crippen LogP contribution in [0.25, 0.3) is 0 Å². The number of carbonyl (C=O) groups is 4. The maximum absolute atomic E-state index is 11.8. The summed E-state index contributed by atoms with van der Waals surface area (Å²) in [7, 11) is 0. The average Bonchev–Trinajstić information content (AvgIpc) is 2.72. The number of fused-ring (bicyclic) bond motifs is 2. The lowest BCUT2D eigenvalue weighted by Gasteiger charge is -2.35. The van der Waals surface area contributed by atoms with Crippen LogP contribution in [-0.2, 0) is 33.4 Å². The second-order valence-electron chi connectivity index (χ2n) is 5.37. The van der Waals surface area contributed by atoms with E-state index in [1.807, 2.05) is 0 Å². The SMILES string of the molecule is C=C(C)C(=O)NCC(=O)OC1CCC2CC1(OC=O)OC2=O. The molecule has 1 heterocycles. The number of nitrogens with one attached hydrogen (secondary N) is 1. The maximum Gasteiger partial charge on any atom is 0.325 e. The van der Waals surface area contributed by atoms with Crippen LogP contribution in [0.5, 0.6) is 0 Å². The summed E-state index contributed by atoms with van der Waals surface area (Å²) in [6, 6.07) is 0. The Hall–Kier alpha value is -2.38. The Morgan fingerprint density at radius 2 is 2.23 bits per heavy atom. The summed E-state index contributed by atoms with van der Waals surface area (Å²) in [5.41, 5.74) is 0.263. The minimum Gasteiger partial charge on any atom is -0.453 e. The minimum absolute atomic E-state index is 0.167.